The number of aliphatic hydroxyl groups excluding tert-OH is 1. The Morgan fingerprint density at radius 2 is 1.86 bits per heavy atom. The summed E-state index contributed by atoms with van der Waals surface area (Å²) in [6, 6.07) is 6.95. The molecule has 0 bridgehead atoms. The van der Waals surface area contributed by atoms with Crippen LogP contribution in [0.3, 0.4) is 0 Å². The molecule has 188 valence electrons. The molecule has 2 aromatic rings. The first-order chi connectivity index (χ1) is 16.6. The molecular weight excluding hydrogens is 487 g/mol. The highest BCUT2D eigenvalue weighted by Gasteiger charge is 2.34. The van der Waals surface area contributed by atoms with E-state index in [0.717, 1.165) is 12.3 Å². The van der Waals surface area contributed by atoms with Crippen molar-refractivity contribution in [1.82, 2.24) is 15.6 Å². The smallest absolute Gasteiger partial charge is 0.417 e. The summed E-state index contributed by atoms with van der Waals surface area (Å²) < 4.78 is 43.6. The molecule has 1 aliphatic heterocycles. The molecule has 4 rings (SSSR count). The molecule has 7 nitrogen and oxygen atoms in total. The number of pyridine rings is 1. The van der Waals surface area contributed by atoms with Crippen LogP contribution in [-0.4, -0.2) is 34.1 Å². The van der Waals surface area contributed by atoms with E-state index in [1.807, 2.05) is 0 Å². The second kappa shape index (κ2) is 10.4. The zero-order valence-corrected chi connectivity index (χ0v) is 19.4. The zero-order valence-electron chi connectivity index (χ0n) is 18.6. The number of aliphatic hydroxyl groups is 1. The number of benzene rings is 1. The van der Waals surface area contributed by atoms with Crippen LogP contribution in [0.25, 0.3) is 0 Å². The quantitative estimate of drug-likeness (QED) is 0.565. The molecule has 1 aromatic heterocycles. The third kappa shape index (κ3) is 6.24. The summed E-state index contributed by atoms with van der Waals surface area (Å²) >= 11 is 5.96. The van der Waals surface area contributed by atoms with Gasteiger partial charge in [-0.3, -0.25) is 14.6 Å². The summed E-state index contributed by atoms with van der Waals surface area (Å²) in [5.41, 5.74) is 0.0556. The molecule has 3 N–H and O–H groups in total. The number of amides is 2. The van der Waals surface area contributed by atoms with E-state index in [9.17, 15) is 27.9 Å². The van der Waals surface area contributed by atoms with Gasteiger partial charge in [0.15, 0.2) is 6.10 Å². The number of rotatable bonds is 5. The maximum absolute atomic E-state index is 12.7. The molecule has 1 saturated carbocycles. The lowest BCUT2D eigenvalue weighted by atomic mass is 9.85. The van der Waals surface area contributed by atoms with Crippen molar-refractivity contribution in [3.8, 4) is 5.75 Å². The molecule has 2 heterocycles. The van der Waals surface area contributed by atoms with Crippen LogP contribution in [0.1, 0.15) is 55.0 Å². The van der Waals surface area contributed by atoms with Gasteiger partial charge in [0.25, 0.3) is 5.91 Å². The highest BCUT2D eigenvalue weighted by Crippen LogP contribution is 2.36. The van der Waals surface area contributed by atoms with Crippen LogP contribution in [-0.2, 0) is 22.3 Å². The van der Waals surface area contributed by atoms with E-state index in [0.29, 0.717) is 47.7 Å². The van der Waals surface area contributed by atoms with Gasteiger partial charge >= 0.3 is 6.18 Å². The van der Waals surface area contributed by atoms with Gasteiger partial charge in [-0.15, -0.1) is 0 Å². The minimum absolute atomic E-state index is 0.0433. The third-order valence-electron chi connectivity index (χ3n) is 6.37. The van der Waals surface area contributed by atoms with Gasteiger partial charge in [-0.25, -0.2) is 0 Å². The largest absolute Gasteiger partial charge is 0.480 e. The van der Waals surface area contributed by atoms with E-state index in [1.54, 1.807) is 18.2 Å². The SMILES string of the molecule is O=C(N[C@H]1CC[C@H](C(=O)NCc2ccc(C(F)(F)F)cn2)CC1)[C@@H]1C[C@@H](O)c2cc(Cl)ccc2O1. The highest BCUT2D eigenvalue weighted by molar-refractivity contribution is 6.30. The molecule has 2 aliphatic rings. The molecular formula is C24H25ClF3N3O4. The summed E-state index contributed by atoms with van der Waals surface area (Å²) in [6.45, 7) is 0.0433. The van der Waals surface area contributed by atoms with Gasteiger partial charge in [-0.05, 0) is 56.0 Å². The van der Waals surface area contributed by atoms with Crippen molar-refractivity contribution in [1.29, 1.82) is 0 Å². The number of fused-ring (bicyclic) bond motifs is 1. The van der Waals surface area contributed by atoms with Crippen LogP contribution in [0.4, 0.5) is 13.2 Å². The lowest BCUT2D eigenvalue weighted by Crippen LogP contribution is -2.47. The number of nitrogens with zero attached hydrogens (tertiary/aromatic N) is 1. The van der Waals surface area contributed by atoms with Crippen LogP contribution in [0.15, 0.2) is 36.5 Å². The molecule has 0 spiro atoms. The fourth-order valence-electron chi connectivity index (χ4n) is 4.39. The average molecular weight is 512 g/mol. The Bertz CT molecular complexity index is 1070. The number of carbonyl (C=O) groups excluding carboxylic acids is 2. The van der Waals surface area contributed by atoms with Crippen LogP contribution < -0.4 is 15.4 Å². The van der Waals surface area contributed by atoms with Gasteiger partial charge in [-0.2, -0.15) is 13.2 Å². The first-order valence-corrected chi connectivity index (χ1v) is 11.7. The lowest BCUT2D eigenvalue weighted by molar-refractivity contribution is -0.138. The van der Waals surface area contributed by atoms with Gasteiger partial charge < -0.3 is 20.5 Å². The van der Waals surface area contributed by atoms with Crippen LogP contribution in [0.5, 0.6) is 5.75 Å². The number of carbonyl (C=O) groups is 2. The van der Waals surface area contributed by atoms with Crippen LogP contribution >= 0.6 is 11.6 Å². The van der Waals surface area contributed by atoms with Crippen molar-refractivity contribution in [3.63, 3.8) is 0 Å². The number of nitrogens with one attached hydrogen (secondary N) is 2. The summed E-state index contributed by atoms with van der Waals surface area (Å²) in [7, 11) is 0. The fraction of sp³-hybridized carbons (Fsp3) is 0.458. The topological polar surface area (TPSA) is 101 Å². The molecule has 11 heteroatoms. The van der Waals surface area contributed by atoms with Gasteiger partial charge in [0, 0.05) is 35.2 Å². The summed E-state index contributed by atoms with van der Waals surface area (Å²) in [5.74, 6) is -0.324. The molecule has 2 amide bonds. The number of halogens is 4. The minimum Gasteiger partial charge on any atom is -0.480 e. The van der Waals surface area contributed by atoms with Crippen molar-refractivity contribution in [2.45, 2.75) is 63.1 Å². The molecule has 2 atom stereocenters. The van der Waals surface area contributed by atoms with E-state index >= 15 is 0 Å². The Morgan fingerprint density at radius 3 is 2.51 bits per heavy atom. The average Bonchev–Trinajstić information content (AvgIpc) is 2.83. The number of aromatic nitrogens is 1. The molecule has 0 unspecified atom stereocenters. The standard InChI is InChI=1S/C24H25ClF3N3O4/c25-15-4-8-20-18(9-15)19(32)10-21(35-20)23(34)31-16-5-1-13(2-6-16)22(33)30-12-17-7-3-14(11-29-17)24(26,27)28/h3-4,7-9,11,13,16,19,21,32H,1-2,5-6,10,12H2,(H,30,33)(H,31,34)/t13-,16-,19-,21+/m1/s1. The minimum atomic E-state index is -4.45. The lowest BCUT2D eigenvalue weighted by Gasteiger charge is -2.32. The van der Waals surface area contributed by atoms with E-state index < -0.39 is 23.9 Å². The Kier molecular flexibility index (Phi) is 7.51. The summed E-state index contributed by atoms with van der Waals surface area (Å²) in [4.78, 5) is 29.0. The Balaban J connectivity index is 1.22. The predicted molar refractivity (Wildman–Crippen MR) is 120 cm³/mol. The molecule has 1 fully saturated rings. The number of alkyl halides is 3. The molecule has 1 aliphatic carbocycles. The van der Waals surface area contributed by atoms with Crippen molar-refractivity contribution < 1.29 is 32.6 Å². The normalized spacial score (nSPS) is 24.1. The molecule has 1 aromatic carbocycles. The fourth-order valence-corrected chi connectivity index (χ4v) is 4.57. The van der Waals surface area contributed by atoms with Crippen molar-refractivity contribution in [2.24, 2.45) is 5.92 Å². The number of ether oxygens (including phenoxy) is 1. The van der Waals surface area contributed by atoms with E-state index in [-0.39, 0.29) is 36.7 Å². The first-order valence-electron chi connectivity index (χ1n) is 11.3. The third-order valence-corrected chi connectivity index (χ3v) is 6.61. The second-order valence-corrected chi connectivity index (χ2v) is 9.29. The van der Waals surface area contributed by atoms with E-state index in [4.69, 9.17) is 16.3 Å². The number of hydrogen-bond acceptors (Lipinski definition) is 5. The number of hydrogen-bond donors (Lipinski definition) is 3. The maximum Gasteiger partial charge on any atom is 0.417 e. The van der Waals surface area contributed by atoms with Gasteiger partial charge in [0.1, 0.15) is 5.75 Å². The summed E-state index contributed by atoms with van der Waals surface area (Å²) in [5, 5.41) is 16.5. The monoisotopic (exact) mass is 511 g/mol. The Hall–Kier alpha value is -2.85. The van der Waals surface area contributed by atoms with Crippen LogP contribution in [0, 0.1) is 5.92 Å². The van der Waals surface area contributed by atoms with E-state index in [1.165, 1.54) is 6.07 Å². The van der Waals surface area contributed by atoms with Gasteiger partial charge in [0.2, 0.25) is 5.91 Å². The van der Waals surface area contributed by atoms with Gasteiger partial charge in [0.05, 0.1) is 23.9 Å². The zero-order chi connectivity index (χ0) is 25.2. The molecule has 35 heavy (non-hydrogen) atoms. The summed E-state index contributed by atoms with van der Waals surface area (Å²) in [6.07, 6.45) is -2.94. The molecule has 0 radical (unpaired) electrons. The van der Waals surface area contributed by atoms with Crippen LogP contribution in [0.2, 0.25) is 5.02 Å². The Labute approximate surface area is 205 Å². The van der Waals surface area contributed by atoms with Crippen molar-refractivity contribution in [3.05, 3.63) is 58.4 Å². The van der Waals surface area contributed by atoms with Crippen molar-refractivity contribution >= 4 is 23.4 Å². The van der Waals surface area contributed by atoms with Crippen molar-refractivity contribution in [2.75, 3.05) is 0 Å². The van der Waals surface area contributed by atoms with E-state index in [2.05, 4.69) is 15.6 Å². The maximum atomic E-state index is 12.7. The molecule has 0 saturated heterocycles. The van der Waals surface area contributed by atoms with Gasteiger partial charge in [-0.1, -0.05) is 11.6 Å². The Morgan fingerprint density at radius 1 is 1.11 bits per heavy atom. The second-order valence-electron chi connectivity index (χ2n) is 8.85. The first kappa shape index (κ1) is 25.2. The predicted octanol–water partition coefficient (Wildman–Crippen LogP) is 3.93. The highest BCUT2D eigenvalue weighted by atomic mass is 35.5.